The van der Waals surface area contributed by atoms with E-state index in [9.17, 15) is 0 Å². The van der Waals surface area contributed by atoms with Gasteiger partial charge >= 0.3 is 0 Å². The summed E-state index contributed by atoms with van der Waals surface area (Å²) in [6.07, 6.45) is 5.96. The summed E-state index contributed by atoms with van der Waals surface area (Å²) in [5, 5.41) is 5.47. The lowest BCUT2D eigenvalue weighted by atomic mass is 10.1. The molecule has 0 unspecified atom stereocenters. The molecule has 16 heavy (non-hydrogen) atoms. The highest BCUT2D eigenvalue weighted by Gasteiger charge is 2.04. The van der Waals surface area contributed by atoms with Crippen molar-refractivity contribution in [3.8, 4) is 11.1 Å². The van der Waals surface area contributed by atoms with Gasteiger partial charge in [-0.1, -0.05) is 6.07 Å². The van der Waals surface area contributed by atoms with Gasteiger partial charge in [0.05, 0.1) is 6.20 Å². The van der Waals surface area contributed by atoms with Gasteiger partial charge in [-0.2, -0.15) is 5.10 Å². The maximum absolute atomic E-state index is 4.19. The van der Waals surface area contributed by atoms with Gasteiger partial charge in [0.2, 0.25) is 0 Å². The predicted octanol–water partition coefficient (Wildman–Crippen LogP) is 2.88. The molecule has 0 bridgehead atoms. The SMILES string of the molecule is Cc1c[nH]c2ccc(-c3cnn(C)c3)cc12. The van der Waals surface area contributed by atoms with Crippen LogP contribution in [-0.4, -0.2) is 14.8 Å². The molecule has 2 heterocycles. The van der Waals surface area contributed by atoms with Crippen molar-refractivity contribution in [2.45, 2.75) is 6.92 Å². The Bertz CT molecular complexity index is 646. The summed E-state index contributed by atoms with van der Waals surface area (Å²) in [6.45, 7) is 2.12. The van der Waals surface area contributed by atoms with Crippen molar-refractivity contribution in [1.82, 2.24) is 14.8 Å². The quantitative estimate of drug-likeness (QED) is 0.659. The molecular weight excluding hydrogens is 198 g/mol. The Hall–Kier alpha value is -2.03. The number of rotatable bonds is 1. The van der Waals surface area contributed by atoms with Crippen LogP contribution in [0.4, 0.5) is 0 Å². The number of hydrogen-bond acceptors (Lipinski definition) is 1. The minimum Gasteiger partial charge on any atom is -0.361 e. The molecule has 0 saturated heterocycles. The molecule has 3 heteroatoms. The smallest absolute Gasteiger partial charge is 0.0568 e. The summed E-state index contributed by atoms with van der Waals surface area (Å²) >= 11 is 0. The van der Waals surface area contributed by atoms with Crippen LogP contribution in [-0.2, 0) is 7.05 Å². The van der Waals surface area contributed by atoms with Crippen molar-refractivity contribution >= 4 is 10.9 Å². The number of aromatic nitrogens is 3. The van der Waals surface area contributed by atoms with E-state index in [0.29, 0.717) is 0 Å². The first-order valence-electron chi connectivity index (χ1n) is 5.31. The van der Waals surface area contributed by atoms with E-state index in [-0.39, 0.29) is 0 Å². The van der Waals surface area contributed by atoms with Gasteiger partial charge in [-0.3, -0.25) is 4.68 Å². The van der Waals surface area contributed by atoms with Crippen molar-refractivity contribution in [3.63, 3.8) is 0 Å². The standard InChI is InChI=1S/C13H13N3/c1-9-6-14-13-4-3-10(5-12(9)13)11-7-15-16(2)8-11/h3-8,14H,1-2H3. The lowest BCUT2D eigenvalue weighted by molar-refractivity contribution is 0.768. The Morgan fingerprint density at radius 1 is 1.25 bits per heavy atom. The number of H-pyrrole nitrogens is 1. The molecule has 80 valence electrons. The normalized spacial score (nSPS) is 11.1. The van der Waals surface area contributed by atoms with Crippen LogP contribution in [0.3, 0.4) is 0 Å². The largest absolute Gasteiger partial charge is 0.361 e. The molecule has 0 radical (unpaired) electrons. The van der Waals surface area contributed by atoms with E-state index in [2.05, 4.69) is 35.2 Å². The molecule has 1 aromatic carbocycles. The fourth-order valence-corrected chi connectivity index (χ4v) is 2.01. The number of aromatic amines is 1. The number of nitrogens with zero attached hydrogens (tertiary/aromatic N) is 2. The Kier molecular flexibility index (Phi) is 1.86. The molecule has 3 nitrogen and oxygen atoms in total. The first kappa shape index (κ1) is 9.21. The zero-order valence-corrected chi connectivity index (χ0v) is 9.36. The van der Waals surface area contributed by atoms with E-state index in [1.165, 1.54) is 22.0 Å². The van der Waals surface area contributed by atoms with Crippen LogP contribution in [0.5, 0.6) is 0 Å². The summed E-state index contributed by atoms with van der Waals surface area (Å²) in [7, 11) is 1.93. The summed E-state index contributed by atoms with van der Waals surface area (Å²) < 4.78 is 1.82. The highest BCUT2D eigenvalue weighted by Crippen LogP contribution is 2.25. The highest BCUT2D eigenvalue weighted by molar-refractivity contribution is 5.87. The second-order valence-corrected chi connectivity index (χ2v) is 4.13. The first-order chi connectivity index (χ1) is 7.74. The lowest BCUT2D eigenvalue weighted by Crippen LogP contribution is -1.84. The van der Waals surface area contributed by atoms with Crippen molar-refractivity contribution in [2.75, 3.05) is 0 Å². The topological polar surface area (TPSA) is 33.6 Å². The fourth-order valence-electron chi connectivity index (χ4n) is 2.01. The van der Waals surface area contributed by atoms with E-state index in [1.807, 2.05) is 30.3 Å². The van der Waals surface area contributed by atoms with Crippen LogP contribution in [0.1, 0.15) is 5.56 Å². The number of benzene rings is 1. The van der Waals surface area contributed by atoms with Crippen molar-refractivity contribution < 1.29 is 0 Å². The minimum atomic E-state index is 1.16. The van der Waals surface area contributed by atoms with Gasteiger partial charge < -0.3 is 4.98 Å². The average Bonchev–Trinajstić information content (AvgIpc) is 2.86. The highest BCUT2D eigenvalue weighted by atomic mass is 15.2. The molecule has 1 N–H and O–H groups in total. The van der Waals surface area contributed by atoms with Crippen LogP contribution in [0.2, 0.25) is 0 Å². The molecule has 2 aromatic heterocycles. The van der Waals surface area contributed by atoms with E-state index in [0.717, 1.165) is 5.56 Å². The molecule has 0 fully saturated rings. The van der Waals surface area contributed by atoms with Gasteiger partial charge in [0.1, 0.15) is 0 Å². The van der Waals surface area contributed by atoms with Crippen LogP contribution < -0.4 is 0 Å². The van der Waals surface area contributed by atoms with E-state index in [4.69, 9.17) is 0 Å². The number of nitrogens with one attached hydrogen (secondary N) is 1. The molecule has 0 atom stereocenters. The lowest BCUT2D eigenvalue weighted by Gasteiger charge is -1.98. The van der Waals surface area contributed by atoms with Gasteiger partial charge in [0, 0.05) is 35.9 Å². The van der Waals surface area contributed by atoms with Gasteiger partial charge in [0.15, 0.2) is 0 Å². The van der Waals surface area contributed by atoms with E-state index >= 15 is 0 Å². The van der Waals surface area contributed by atoms with Crippen molar-refractivity contribution in [2.24, 2.45) is 7.05 Å². The van der Waals surface area contributed by atoms with Crippen LogP contribution in [0, 0.1) is 6.92 Å². The first-order valence-corrected chi connectivity index (χ1v) is 5.31. The maximum atomic E-state index is 4.19. The van der Waals surface area contributed by atoms with Crippen molar-refractivity contribution in [1.29, 1.82) is 0 Å². The molecular formula is C13H13N3. The second kappa shape index (κ2) is 3.23. The van der Waals surface area contributed by atoms with Crippen LogP contribution in [0.15, 0.2) is 36.8 Å². The minimum absolute atomic E-state index is 1.16. The Morgan fingerprint density at radius 2 is 2.12 bits per heavy atom. The Labute approximate surface area is 93.7 Å². The number of fused-ring (bicyclic) bond motifs is 1. The van der Waals surface area contributed by atoms with Crippen molar-refractivity contribution in [3.05, 3.63) is 42.4 Å². The maximum Gasteiger partial charge on any atom is 0.0568 e. The molecule has 0 aliphatic rings. The Balaban J connectivity index is 2.21. The molecule has 0 aliphatic heterocycles. The molecule has 0 aliphatic carbocycles. The third-order valence-electron chi connectivity index (χ3n) is 2.93. The zero-order chi connectivity index (χ0) is 11.1. The van der Waals surface area contributed by atoms with Gasteiger partial charge in [-0.05, 0) is 30.2 Å². The van der Waals surface area contributed by atoms with E-state index in [1.54, 1.807) is 0 Å². The van der Waals surface area contributed by atoms with Gasteiger partial charge in [-0.25, -0.2) is 0 Å². The summed E-state index contributed by atoms with van der Waals surface area (Å²) in [5.41, 5.74) is 4.83. The summed E-state index contributed by atoms with van der Waals surface area (Å²) in [5.74, 6) is 0. The second-order valence-electron chi connectivity index (χ2n) is 4.13. The Morgan fingerprint density at radius 3 is 2.88 bits per heavy atom. The average molecular weight is 211 g/mol. The fraction of sp³-hybridized carbons (Fsp3) is 0.154. The summed E-state index contributed by atoms with van der Waals surface area (Å²) in [6, 6.07) is 6.44. The monoisotopic (exact) mass is 211 g/mol. The van der Waals surface area contributed by atoms with Gasteiger partial charge in [-0.15, -0.1) is 0 Å². The molecule has 3 aromatic rings. The van der Waals surface area contributed by atoms with E-state index < -0.39 is 0 Å². The summed E-state index contributed by atoms with van der Waals surface area (Å²) in [4.78, 5) is 3.25. The molecule has 0 saturated carbocycles. The number of aryl methyl sites for hydroxylation is 2. The molecule has 0 spiro atoms. The third-order valence-corrected chi connectivity index (χ3v) is 2.93. The molecule has 0 amide bonds. The molecule has 3 rings (SSSR count). The van der Waals surface area contributed by atoms with Crippen LogP contribution in [0.25, 0.3) is 22.0 Å². The van der Waals surface area contributed by atoms with Gasteiger partial charge in [0.25, 0.3) is 0 Å². The zero-order valence-electron chi connectivity index (χ0n) is 9.36. The third kappa shape index (κ3) is 1.33. The predicted molar refractivity (Wildman–Crippen MR) is 65.2 cm³/mol. The number of hydrogen-bond donors (Lipinski definition) is 1. The van der Waals surface area contributed by atoms with Crippen LogP contribution >= 0.6 is 0 Å².